The molecule has 1 aromatic carbocycles. The zero-order chi connectivity index (χ0) is 13.8. The van der Waals surface area contributed by atoms with E-state index >= 15 is 0 Å². The number of amides is 1. The predicted octanol–water partition coefficient (Wildman–Crippen LogP) is 1.91. The van der Waals surface area contributed by atoms with Crippen LogP contribution in [0.25, 0.3) is 0 Å². The number of hydrogen-bond donors (Lipinski definition) is 2. The maximum absolute atomic E-state index is 12.0. The van der Waals surface area contributed by atoms with Crippen molar-refractivity contribution in [2.24, 2.45) is 0 Å². The molecule has 0 aliphatic carbocycles. The van der Waals surface area contributed by atoms with Gasteiger partial charge in [0, 0.05) is 18.2 Å². The van der Waals surface area contributed by atoms with Crippen LogP contribution in [0.1, 0.15) is 35.7 Å². The number of nitrogens with zero attached hydrogens (tertiary/aromatic N) is 1. The molecule has 1 atom stereocenters. The van der Waals surface area contributed by atoms with Gasteiger partial charge >= 0.3 is 0 Å². The Kier molecular flexibility index (Phi) is 4.43. The normalized spacial score (nSPS) is 17.4. The molecule has 2 N–H and O–H groups in total. The Morgan fingerprint density at radius 3 is 2.74 bits per heavy atom. The summed E-state index contributed by atoms with van der Waals surface area (Å²) in [5, 5.41) is 12.5. The molecule has 19 heavy (non-hydrogen) atoms. The number of aryl methyl sites for hydroxylation is 1. The Hall–Kier alpha value is -1.55. The monoisotopic (exact) mass is 262 g/mol. The summed E-state index contributed by atoms with van der Waals surface area (Å²) in [6.45, 7) is 6.85. The second kappa shape index (κ2) is 6.06. The lowest BCUT2D eigenvalue weighted by molar-refractivity contribution is 0.0940. The van der Waals surface area contributed by atoms with E-state index in [1.165, 1.54) is 18.9 Å². The minimum atomic E-state index is -0.124. The van der Waals surface area contributed by atoms with E-state index in [2.05, 4.69) is 17.1 Å². The van der Waals surface area contributed by atoms with Crippen LogP contribution >= 0.6 is 0 Å². The number of phenolic OH excluding ortho intramolecular Hbond substituents is 1. The molecule has 1 unspecified atom stereocenters. The van der Waals surface area contributed by atoms with Gasteiger partial charge in [0.15, 0.2) is 0 Å². The lowest BCUT2D eigenvalue weighted by Crippen LogP contribution is -2.40. The third-order valence-electron chi connectivity index (χ3n) is 3.79. The number of likely N-dealkylation sites (tertiary alicyclic amines) is 1. The molecule has 0 aromatic heterocycles. The molecule has 0 bridgehead atoms. The third-order valence-corrected chi connectivity index (χ3v) is 3.79. The summed E-state index contributed by atoms with van der Waals surface area (Å²) >= 11 is 0. The number of nitrogens with one attached hydrogen (secondary N) is 1. The van der Waals surface area contributed by atoms with Gasteiger partial charge in [-0.2, -0.15) is 0 Å². The summed E-state index contributed by atoms with van der Waals surface area (Å²) in [4.78, 5) is 14.4. The molecule has 1 heterocycles. The predicted molar refractivity (Wildman–Crippen MR) is 75.4 cm³/mol. The zero-order valence-corrected chi connectivity index (χ0v) is 11.6. The number of carbonyl (C=O) groups is 1. The molecule has 104 valence electrons. The van der Waals surface area contributed by atoms with Crippen molar-refractivity contribution in [3.8, 4) is 5.75 Å². The van der Waals surface area contributed by atoms with Crippen molar-refractivity contribution in [2.45, 2.75) is 32.7 Å². The topological polar surface area (TPSA) is 52.6 Å². The first-order chi connectivity index (χ1) is 9.08. The van der Waals surface area contributed by atoms with Gasteiger partial charge in [-0.3, -0.25) is 9.69 Å². The first-order valence-corrected chi connectivity index (χ1v) is 6.90. The summed E-state index contributed by atoms with van der Waals surface area (Å²) < 4.78 is 0. The highest BCUT2D eigenvalue weighted by Gasteiger charge is 2.18. The van der Waals surface area contributed by atoms with Gasteiger partial charge in [-0.05, 0) is 57.5 Å². The Labute approximate surface area is 114 Å². The summed E-state index contributed by atoms with van der Waals surface area (Å²) in [7, 11) is 0. The van der Waals surface area contributed by atoms with Crippen molar-refractivity contribution in [3.63, 3.8) is 0 Å². The standard InChI is InChI=1S/C15H22N2O2/c1-11-5-6-13(9-14(11)18)15(19)16-10-12(2)17-7-3-4-8-17/h5-6,9,12,18H,3-4,7-8,10H2,1-2H3,(H,16,19). The van der Waals surface area contributed by atoms with E-state index in [-0.39, 0.29) is 11.7 Å². The summed E-state index contributed by atoms with van der Waals surface area (Å²) in [5.41, 5.74) is 1.29. The van der Waals surface area contributed by atoms with Crippen LogP contribution in [0.5, 0.6) is 5.75 Å². The van der Waals surface area contributed by atoms with Crippen molar-refractivity contribution >= 4 is 5.91 Å². The molecule has 4 heteroatoms. The number of benzene rings is 1. The zero-order valence-electron chi connectivity index (χ0n) is 11.6. The molecule has 1 saturated heterocycles. The van der Waals surface area contributed by atoms with Crippen LogP contribution in [0.3, 0.4) is 0 Å². The van der Waals surface area contributed by atoms with Crippen LogP contribution in [0.2, 0.25) is 0 Å². The molecule has 1 aliphatic heterocycles. The summed E-state index contributed by atoms with van der Waals surface area (Å²) in [6, 6.07) is 5.38. The van der Waals surface area contributed by atoms with Crippen molar-refractivity contribution < 1.29 is 9.90 Å². The Morgan fingerprint density at radius 1 is 1.42 bits per heavy atom. The van der Waals surface area contributed by atoms with Gasteiger partial charge in [0.25, 0.3) is 5.91 Å². The lowest BCUT2D eigenvalue weighted by atomic mass is 10.1. The van der Waals surface area contributed by atoms with Gasteiger partial charge in [0.1, 0.15) is 5.75 Å². The smallest absolute Gasteiger partial charge is 0.251 e. The first kappa shape index (κ1) is 13.9. The molecule has 1 amide bonds. The van der Waals surface area contributed by atoms with Crippen LogP contribution in [-0.2, 0) is 0 Å². The second-order valence-corrected chi connectivity index (χ2v) is 5.30. The number of carbonyl (C=O) groups excluding carboxylic acids is 1. The quantitative estimate of drug-likeness (QED) is 0.871. The van der Waals surface area contributed by atoms with Gasteiger partial charge < -0.3 is 10.4 Å². The second-order valence-electron chi connectivity index (χ2n) is 5.30. The van der Waals surface area contributed by atoms with Crippen LogP contribution in [0, 0.1) is 6.92 Å². The third kappa shape index (κ3) is 3.47. The first-order valence-electron chi connectivity index (χ1n) is 6.90. The molecular weight excluding hydrogens is 240 g/mol. The van der Waals surface area contributed by atoms with E-state index in [1.807, 2.05) is 6.92 Å². The maximum Gasteiger partial charge on any atom is 0.251 e. The number of aromatic hydroxyl groups is 1. The minimum absolute atomic E-state index is 0.124. The molecule has 4 nitrogen and oxygen atoms in total. The van der Waals surface area contributed by atoms with Crippen LogP contribution in [-0.4, -0.2) is 41.6 Å². The molecule has 1 aromatic rings. The minimum Gasteiger partial charge on any atom is -0.508 e. The van der Waals surface area contributed by atoms with Gasteiger partial charge in [-0.15, -0.1) is 0 Å². The van der Waals surface area contributed by atoms with Crippen molar-refractivity contribution in [1.29, 1.82) is 0 Å². The fourth-order valence-electron chi connectivity index (χ4n) is 2.40. The number of phenols is 1. The van der Waals surface area contributed by atoms with Crippen molar-refractivity contribution in [3.05, 3.63) is 29.3 Å². The van der Waals surface area contributed by atoms with E-state index in [0.29, 0.717) is 18.2 Å². The van der Waals surface area contributed by atoms with Crippen LogP contribution in [0.15, 0.2) is 18.2 Å². The Balaban J connectivity index is 1.88. The Bertz CT molecular complexity index is 453. The maximum atomic E-state index is 12.0. The number of hydrogen-bond acceptors (Lipinski definition) is 3. The SMILES string of the molecule is Cc1ccc(C(=O)NCC(C)N2CCCC2)cc1O. The Morgan fingerprint density at radius 2 is 2.11 bits per heavy atom. The lowest BCUT2D eigenvalue weighted by Gasteiger charge is -2.23. The van der Waals surface area contributed by atoms with Gasteiger partial charge in [0.05, 0.1) is 0 Å². The van der Waals surface area contributed by atoms with Gasteiger partial charge in [-0.25, -0.2) is 0 Å². The number of rotatable bonds is 4. The van der Waals surface area contributed by atoms with E-state index in [4.69, 9.17) is 0 Å². The molecule has 2 rings (SSSR count). The van der Waals surface area contributed by atoms with E-state index in [9.17, 15) is 9.90 Å². The molecule has 1 aliphatic rings. The van der Waals surface area contributed by atoms with Crippen molar-refractivity contribution in [2.75, 3.05) is 19.6 Å². The fourth-order valence-corrected chi connectivity index (χ4v) is 2.40. The summed E-state index contributed by atoms with van der Waals surface area (Å²) in [6.07, 6.45) is 2.51. The van der Waals surface area contributed by atoms with Crippen LogP contribution < -0.4 is 5.32 Å². The van der Waals surface area contributed by atoms with Crippen LogP contribution in [0.4, 0.5) is 0 Å². The highest BCUT2D eigenvalue weighted by Crippen LogP contribution is 2.17. The average molecular weight is 262 g/mol. The molecule has 0 spiro atoms. The molecule has 0 radical (unpaired) electrons. The largest absolute Gasteiger partial charge is 0.508 e. The highest BCUT2D eigenvalue weighted by molar-refractivity contribution is 5.94. The van der Waals surface area contributed by atoms with E-state index < -0.39 is 0 Å². The molecular formula is C15H22N2O2. The van der Waals surface area contributed by atoms with E-state index in [0.717, 1.165) is 18.7 Å². The van der Waals surface area contributed by atoms with Gasteiger partial charge in [-0.1, -0.05) is 6.07 Å². The summed E-state index contributed by atoms with van der Waals surface area (Å²) in [5.74, 6) is 0.0431. The van der Waals surface area contributed by atoms with E-state index in [1.54, 1.807) is 12.1 Å². The molecule has 0 saturated carbocycles. The molecule has 1 fully saturated rings. The van der Waals surface area contributed by atoms with Gasteiger partial charge in [0.2, 0.25) is 0 Å². The fraction of sp³-hybridized carbons (Fsp3) is 0.533. The highest BCUT2D eigenvalue weighted by atomic mass is 16.3. The van der Waals surface area contributed by atoms with Crippen molar-refractivity contribution in [1.82, 2.24) is 10.2 Å². The average Bonchev–Trinajstić information content (AvgIpc) is 2.92.